The van der Waals surface area contributed by atoms with Crippen LogP contribution < -0.4 is 10.2 Å². The molecular formula is C19H29N5O2. The van der Waals surface area contributed by atoms with Gasteiger partial charge in [-0.25, -0.2) is 4.79 Å². The van der Waals surface area contributed by atoms with Crippen molar-refractivity contribution < 1.29 is 9.59 Å². The topological polar surface area (TPSA) is 59.1 Å². The van der Waals surface area contributed by atoms with Gasteiger partial charge in [-0.05, 0) is 32.1 Å². The maximum Gasteiger partial charge on any atom is 0.317 e. The highest BCUT2D eigenvalue weighted by atomic mass is 16.2. The Hall–Kier alpha value is -2.12. The quantitative estimate of drug-likeness (QED) is 0.859. The summed E-state index contributed by atoms with van der Waals surface area (Å²) < 4.78 is 0. The molecule has 0 aliphatic carbocycles. The van der Waals surface area contributed by atoms with Crippen molar-refractivity contribution in [1.82, 2.24) is 20.0 Å². The van der Waals surface area contributed by atoms with Crippen LogP contribution in [-0.4, -0.2) is 92.6 Å². The van der Waals surface area contributed by atoms with Gasteiger partial charge in [-0.15, -0.1) is 0 Å². The number of likely N-dealkylation sites (tertiary alicyclic amines) is 1. The molecule has 26 heavy (non-hydrogen) atoms. The molecule has 2 saturated heterocycles. The van der Waals surface area contributed by atoms with Gasteiger partial charge in [0.1, 0.15) is 0 Å². The molecule has 3 amide bonds. The van der Waals surface area contributed by atoms with Crippen LogP contribution >= 0.6 is 0 Å². The fourth-order valence-corrected chi connectivity index (χ4v) is 3.52. The summed E-state index contributed by atoms with van der Waals surface area (Å²) in [7, 11) is 3.88. The molecule has 0 aromatic heterocycles. The van der Waals surface area contributed by atoms with Crippen molar-refractivity contribution in [1.29, 1.82) is 0 Å². The Bertz CT molecular complexity index is 616. The molecule has 2 aliphatic heterocycles. The van der Waals surface area contributed by atoms with Gasteiger partial charge in [-0.3, -0.25) is 9.69 Å². The largest absolute Gasteiger partial charge is 0.334 e. The minimum absolute atomic E-state index is 0.0256. The summed E-state index contributed by atoms with van der Waals surface area (Å²) in [4.78, 5) is 32.8. The number of carbonyl (C=O) groups excluding carboxylic acids is 2. The third-order valence-electron chi connectivity index (χ3n) is 5.25. The Morgan fingerprint density at radius 1 is 1.12 bits per heavy atom. The highest BCUT2D eigenvalue weighted by Gasteiger charge is 2.27. The number of carbonyl (C=O) groups is 2. The lowest BCUT2D eigenvalue weighted by atomic mass is 10.2. The SMILES string of the molecule is CN1CC[C@H](NC(=O)N2CCN(CC(=O)N(C)c3ccccc3)CC2)C1. The van der Waals surface area contributed by atoms with E-state index in [-0.39, 0.29) is 18.0 Å². The number of amides is 3. The number of rotatable bonds is 4. The highest BCUT2D eigenvalue weighted by Crippen LogP contribution is 2.12. The number of nitrogens with one attached hydrogen (secondary N) is 1. The van der Waals surface area contributed by atoms with E-state index >= 15 is 0 Å². The number of anilines is 1. The zero-order valence-electron chi connectivity index (χ0n) is 15.7. The molecule has 7 nitrogen and oxygen atoms in total. The lowest BCUT2D eigenvalue weighted by Gasteiger charge is -2.35. The number of hydrogen-bond acceptors (Lipinski definition) is 4. The van der Waals surface area contributed by atoms with Crippen LogP contribution in [0.2, 0.25) is 0 Å². The van der Waals surface area contributed by atoms with E-state index in [0.29, 0.717) is 19.6 Å². The minimum Gasteiger partial charge on any atom is -0.334 e. The number of hydrogen-bond donors (Lipinski definition) is 1. The highest BCUT2D eigenvalue weighted by molar-refractivity contribution is 5.94. The maximum atomic E-state index is 12.5. The van der Waals surface area contributed by atoms with E-state index in [4.69, 9.17) is 0 Å². The molecule has 3 rings (SSSR count). The number of likely N-dealkylation sites (N-methyl/N-ethyl adjacent to an activating group) is 2. The second-order valence-corrected chi connectivity index (χ2v) is 7.25. The van der Waals surface area contributed by atoms with Gasteiger partial charge >= 0.3 is 6.03 Å². The molecule has 0 spiro atoms. The molecular weight excluding hydrogens is 330 g/mol. The van der Waals surface area contributed by atoms with Crippen LogP contribution in [0.1, 0.15) is 6.42 Å². The minimum atomic E-state index is 0.0256. The molecule has 0 radical (unpaired) electrons. The molecule has 2 heterocycles. The zero-order valence-corrected chi connectivity index (χ0v) is 15.7. The third kappa shape index (κ3) is 4.74. The van der Waals surface area contributed by atoms with Crippen molar-refractivity contribution in [3.8, 4) is 0 Å². The summed E-state index contributed by atoms with van der Waals surface area (Å²) in [5.41, 5.74) is 0.900. The molecule has 1 aromatic rings. The summed E-state index contributed by atoms with van der Waals surface area (Å²) in [6.07, 6.45) is 1.02. The van der Waals surface area contributed by atoms with Crippen LogP contribution in [0.4, 0.5) is 10.5 Å². The molecule has 7 heteroatoms. The third-order valence-corrected chi connectivity index (χ3v) is 5.25. The van der Waals surface area contributed by atoms with E-state index in [1.165, 1.54) is 0 Å². The number of para-hydroxylation sites is 1. The van der Waals surface area contributed by atoms with Crippen molar-refractivity contribution in [3.63, 3.8) is 0 Å². The average Bonchev–Trinajstić information content (AvgIpc) is 3.07. The van der Waals surface area contributed by atoms with Crippen molar-refractivity contribution >= 4 is 17.6 Å². The Morgan fingerprint density at radius 3 is 2.42 bits per heavy atom. The van der Waals surface area contributed by atoms with E-state index in [0.717, 1.165) is 38.3 Å². The first-order valence-electron chi connectivity index (χ1n) is 9.31. The molecule has 0 saturated carbocycles. The average molecular weight is 359 g/mol. The Balaban J connectivity index is 1.42. The van der Waals surface area contributed by atoms with E-state index < -0.39 is 0 Å². The van der Waals surface area contributed by atoms with Crippen molar-refractivity contribution in [2.45, 2.75) is 12.5 Å². The fourth-order valence-electron chi connectivity index (χ4n) is 3.52. The fraction of sp³-hybridized carbons (Fsp3) is 0.579. The standard InChI is InChI=1S/C19H29N5O2/c1-21-9-8-16(14-21)20-19(26)24-12-10-23(11-13-24)15-18(25)22(2)17-6-4-3-5-7-17/h3-7,16H,8-15H2,1-2H3,(H,20,26)/t16-/m0/s1. The zero-order chi connectivity index (χ0) is 18.5. The van der Waals surface area contributed by atoms with Crippen LogP contribution in [0.15, 0.2) is 30.3 Å². The van der Waals surface area contributed by atoms with Gasteiger partial charge in [0.2, 0.25) is 5.91 Å². The van der Waals surface area contributed by atoms with Gasteiger partial charge in [0.05, 0.1) is 6.54 Å². The number of urea groups is 1. The molecule has 142 valence electrons. The van der Waals surface area contributed by atoms with Gasteiger partial charge in [0, 0.05) is 51.5 Å². The van der Waals surface area contributed by atoms with Gasteiger partial charge in [0.25, 0.3) is 0 Å². The molecule has 2 fully saturated rings. The number of benzene rings is 1. The first kappa shape index (κ1) is 18.7. The van der Waals surface area contributed by atoms with E-state index in [1.807, 2.05) is 35.2 Å². The van der Waals surface area contributed by atoms with Crippen LogP contribution in [-0.2, 0) is 4.79 Å². The van der Waals surface area contributed by atoms with E-state index in [1.54, 1.807) is 11.9 Å². The number of piperazine rings is 1. The van der Waals surface area contributed by atoms with Crippen LogP contribution in [0.5, 0.6) is 0 Å². The molecule has 2 aliphatic rings. The molecule has 1 aromatic carbocycles. The monoisotopic (exact) mass is 359 g/mol. The Morgan fingerprint density at radius 2 is 1.81 bits per heavy atom. The van der Waals surface area contributed by atoms with Gasteiger partial charge in [0.15, 0.2) is 0 Å². The molecule has 0 unspecified atom stereocenters. The smallest absolute Gasteiger partial charge is 0.317 e. The van der Waals surface area contributed by atoms with Crippen molar-refractivity contribution in [3.05, 3.63) is 30.3 Å². The van der Waals surface area contributed by atoms with Crippen LogP contribution in [0.3, 0.4) is 0 Å². The maximum absolute atomic E-state index is 12.5. The summed E-state index contributed by atoms with van der Waals surface area (Å²) in [5, 5.41) is 3.13. The second kappa shape index (κ2) is 8.51. The second-order valence-electron chi connectivity index (χ2n) is 7.25. The lowest BCUT2D eigenvalue weighted by molar-refractivity contribution is -0.119. The van der Waals surface area contributed by atoms with E-state index in [2.05, 4.69) is 22.2 Å². The van der Waals surface area contributed by atoms with Gasteiger partial charge in [-0.2, -0.15) is 0 Å². The number of nitrogens with zero attached hydrogens (tertiary/aromatic N) is 4. The Kier molecular flexibility index (Phi) is 6.11. The van der Waals surface area contributed by atoms with Crippen molar-refractivity contribution in [2.75, 3.05) is 64.8 Å². The normalized spacial score (nSPS) is 21.6. The summed E-state index contributed by atoms with van der Waals surface area (Å²) in [5.74, 6) is 0.0723. The molecule has 1 atom stereocenters. The van der Waals surface area contributed by atoms with Gasteiger partial charge < -0.3 is 20.0 Å². The predicted octanol–water partition coefficient (Wildman–Crippen LogP) is 0.681. The first-order chi connectivity index (χ1) is 12.5. The van der Waals surface area contributed by atoms with Crippen LogP contribution in [0, 0.1) is 0 Å². The summed E-state index contributed by atoms with van der Waals surface area (Å²) in [6.45, 7) is 5.13. The summed E-state index contributed by atoms with van der Waals surface area (Å²) in [6, 6.07) is 9.94. The summed E-state index contributed by atoms with van der Waals surface area (Å²) >= 11 is 0. The van der Waals surface area contributed by atoms with E-state index in [9.17, 15) is 9.59 Å². The predicted molar refractivity (Wildman–Crippen MR) is 102 cm³/mol. The Labute approximate surface area is 155 Å². The lowest BCUT2D eigenvalue weighted by Crippen LogP contribution is -2.55. The first-order valence-corrected chi connectivity index (χ1v) is 9.31. The van der Waals surface area contributed by atoms with Crippen molar-refractivity contribution in [2.24, 2.45) is 0 Å². The molecule has 1 N–H and O–H groups in total. The van der Waals surface area contributed by atoms with Crippen LogP contribution in [0.25, 0.3) is 0 Å². The van der Waals surface area contributed by atoms with Gasteiger partial charge in [-0.1, -0.05) is 18.2 Å². The molecule has 0 bridgehead atoms.